The normalized spacial score (nSPS) is 17.2. The zero-order valence-electron chi connectivity index (χ0n) is 12.7. The Kier molecular flexibility index (Phi) is 5.60. The van der Waals surface area contributed by atoms with Crippen LogP contribution in [0.4, 0.5) is 0 Å². The summed E-state index contributed by atoms with van der Waals surface area (Å²) in [6.07, 6.45) is 3.54. The highest BCUT2D eigenvalue weighted by molar-refractivity contribution is 5.83. The standard InChI is InChI=1S/C17H26N2O/c1-3-18(4-2)16(15-11-7-5-8-12-15)17(20)19-13-9-6-10-14-19/h5,7-8,11-12,16H,3-4,6,9-10,13-14H2,1-2H3. The van der Waals surface area contributed by atoms with Gasteiger partial charge in [-0.15, -0.1) is 0 Å². The predicted molar refractivity (Wildman–Crippen MR) is 82.5 cm³/mol. The molecule has 0 radical (unpaired) electrons. The molecule has 0 bridgehead atoms. The summed E-state index contributed by atoms with van der Waals surface area (Å²) in [7, 11) is 0. The van der Waals surface area contributed by atoms with Crippen LogP contribution in [0.2, 0.25) is 0 Å². The second-order valence-electron chi connectivity index (χ2n) is 5.42. The maximum Gasteiger partial charge on any atom is 0.244 e. The fourth-order valence-corrected chi connectivity index (χ4v) is 3.02. The average molecular weight is 274 g/mol. The molecule has 1 unspecified atom stereocenters. The number of hydrogen-bond donors (Lipinski definition) is 0. The lowest BCUT2D eigenvalue weighted by molar-refractivity contribution is -0.138. The summed E-state index contributed by atoms with van der Waals surface area (Å²) in [5.74, 6) is 0.277. The fourth-order valence-electron chi connectivity index (χ4n) is 3.02. The van der Waals surface area contributed by atoms with E-state index in [1.54, 1.807) is 0 Å². The van der Waals surface area contributed by atoms with Gasteiger partial charge in [-0.25, -0.2) is 0 Å². The van der Waals surface area contributed by atoms with Crippen LogP contribution in [0.15, 0.2) is 30.3 Å². The van der Waals surface area contributed by atoms with Gasteiger partial charge in [0, 0.05) is 13.1 Å². The van der Waals surface area contributed by atoms with Crippen LogP contribution in [0.5, 0.6) is 0 Å². The van der Waals surface area contributed by atoms with Gasteiger partial charge in [0.25, 0.3) is 0 Å². The highest BCUT2D eigenvalue weighted by Gasteiger charge is 2.30. The molecule has 1 fully saturated rings. The number of likely N-dealkylation sites (N-methyl/N-ethyl adjacent to an activating group) is 1. The molecule has 0 spiro atoms. The highest BCUT2D eigenvalue weighted by Crippen LogP contribution is 2.24. The minimum absolute atomic E-state index is 0.121. The molecule has 0 N–H and O–H groups in total. The number of piperidine rings is 1. The number of likely N-dealkylation sites (tertiary alicyclic amines) is 1. The smallest absolute Gasteiger partial charge is 0.244 e. The fraction of sp³-hybridized carbons (Fsp3) is 0.588. The van der Waals surface area contributed by atoms with Crippen molar-refractivity contribution in [2.24, 2.45) is 0 Å². The van der Waals surface area contributed by atoms with Crippen LogP contribution in [0.1, 0.15) is 44.7 Å². The molecule has 0 aromatic heterocycles. The Morgan fingerprint density at radius 2 is 1.70 bits per heavy atom. The third-order valence-electron chi connectivity index (χ3n) is 4.19. The van der Waals surface area contributed by atoms with E-state index in [0.717, 1.165) is 44.6 Å². The molecule has 20 heavy (non-hydrogen) atoms. The Bertz CT molecular complexity index is 408. The first-order valence-electron chi connectivity index (χ1n) is 7.85. The number of benzene rings is 1. The average Bonchev–Trinajstić information content (AvgIpc) is 2.53. The van der Waals surface area contributed by atoms with Gasteiger partial charge in [-0.05, 0) is 37.9 Å². The molecule has 3 heteroatoms. The zero-order chi connectivity index (χ0) is 14.4. The number of amides is 1. The number of nitrogens with zero attached hydrogens (tertiary/aromatic N) is 2. The molecule has 110 valence electrons. The molecule has 1 aromatic carbocycles. The quantitative estimate of drug-likeness (QED) is 0.824. The molecule has 3 nitrogen and oxygen atoms in total. The molecular formula is C17H26N2O. The van der Waals surface area contributed by atoms with E-state index in [1.165, 1.54) is 6.42 Å². The Morgan fingerprint density at radius 3 is 2.25 bits per heavy atom. The number of carbonyl (C=O) groups is 1. The first-order valence-corrected chi connectivity index (χ1v) is 7.85. The number of carbonyl (C=O) groups excluding carboxylic acids is 1. The summed E-state index contributed by atoms with van der Waals surface area (Å²) in [4.78, 5) is 17.3. The largest absolute Gasteiger partial charge is 0.341 e. The molecule has 0 saturated carbocycles. The van der Waals surface area contributed by atoms with Crippen LogP contribution >= 0.6 is 0 Å². The first-order chi connectivity index (χ1) is 9.77. The Balaban J connectivity index is 2.23. The summed E-state index contributed by atoms with van der Waals surface area (Å²) in [6, 6.07) is 10.1. The van der Waals surface area contributed by atoms with E-state index in [0.29, 0.717) is 0 Å². The van der Waals surface area contributed by atoms with E-state index in [2.05, 4.69) is 35.8 Å². The molecule has 2 rings (SSSR count). The molecule has 1 atom stereocenters. The summed E-state index contributed by atoms with van der Waals surface area (Å²) < 4.78 is 0. The Labute approximate surface area is 122 Å². The van der Waals surface area contributed by atoms with E-state index < -0.39 is 0 Å². The van der Waals surface area contributed by atoms with Crippen molar-refractivity contribution in [3.8, 4) is 0 Å². The molecule has 0 aliphatic carbocycles. The monoisotopic (exact) mass is 274 g/mol. The van der Waals surface area contributed by atoms with Gasteiger partial charge in [-0.2, -0.15) is 0 Å². The lowest BCUT2D eigenvalue weighted by atomic mass is 10.0. The van der Waals surface area contributed by atoms with Gasteiger partial charge in [-0.3, -0.25) is 9.69 Å². The van der Waals surface area contributed by atoms with Crippen LogP contribution in [0.25, 0.3) is 0 Å². The first kappa shape index (κ1) is 15.0. The van der Waals surface area contributed by atoms with Gasteiger partial charge >= 0.3 is 0 Å². The highest BCUT2D eigenvalue weighted by atomic mass is 16.2. The predicted octanol–water partition coefficient (Wildman–Crippen LogP) is 3.08. The molecule has 1 heterocycles. The number of rotatable bonds is 5. The van der Waals surface area contributed by atoms with E-state index >= 15 is 0 Å². The van der Waals surface area contributed by atoms with Crippen LogP contribution < -0.4 is 0 Å². The van der Waals surface area contributed by atoms with Crippen molar-refractivity contribution in [1.82, 2.24) is 9.80 Å². The van der Waals surface area contributed by atoms with Crippen molar-refractivity contribution in [1.29, 1.82) is 0 Å². The summed E-state index contributed by atoms with van der Waals surface area (Å²) in [5.41, 5.74) is 1.12. The van der Waals surface area contributed by atoms with Crippen LogP contribution in [0, 0.1) is 0 Å². The van der Waals surface area contributed by atoms with Crippen LogP contribution in [-0.4, -0.2) is 41.9 Å². The van der Waals surface area contributed by atoms with Crippen LogP contribution in [0.3, 0.4) is 0 Å². The van der Waals surface area contributed by atoms with E-state index in [1.807, 2.05) is 18.2 Å². The maximum absolute atomic E-state index is 12.9. The van der Waals surface area contributed by atoms with Crippen molar-refractivity contribution >= 4 is 5.91 Å². The van der Waals surface area contributed by atoms with Gasteiger partial charge < -0.3 is 4.90 Å². The van der Waals surface area contributed by atoms with Gasteiger partial charge in [-0.1, -0.05) is 44.2 Å². The third-order valence-corrected chi connectivity index (χ3v) is 4.19. The Morgan fingerprint density at radius 1 is 1.10 bits per heavy atom. The van der Waals surface area contributed by atoms with Crippen molar-refractivity contribution < 1.29 is 4.79 Å². The summed E-state index contributed by atoms with van der Waals surface area (Å²) in [6.45, 7) is 7.89. The second-order valence-corrected chi connectivity index (χ2v) is 5.42. The molecule has 1 aromatic rings. The van der Waals surface area contributed by atoms with Gasteiger partial charge in [0.05, 0.1) is 0 Å². The molecule has 1 saturated heterocycles. The van der Waals surface area contributed by atoms with E-state index in [9.17, 15) is 4.79 Å². The SMILES string of the molecule is CCN(CC)C(C(=O)N1CCCCC1)c1ccccc1. The van der Waals surface area contributed by atoms with Crippen molar-refractivity contribution in [3.05, 3.63) is 35.9 Å². The Hall–Kier alpha value is -1.35. The van der Waals surface area contributed by atoms with Gasteiger partial charge in [0.2, 0.25) is 5.91 Å². The maximum atomic E-state index is 12.9. The van der Waals surface area contributed by atoms with E-state index in [4.69, 9.17) is 0 Å². The molecule has 1 aliphatic rings. The summed E-state index contributed by atoms with van der Waals surface area (Å²) >= 11 is 0. The minimum Gasteiger partial charge on any atom is -0.341 e. The number of hydrogen-bond acceptors (Lipinski definition) is 2. The molecule has 1 amide bonds. The minimum atomic E-state index is -0.121. The summed E-state index contributed by atoms with van der Waals surface area (Å²) in [5, 5.41) is 0. The van der Waals surface area contributed by atoms with Gasteiger partial charge in [0.15, 0.2) is 0 Å². The lowest BCUT2D eigenvalue weighted by Gasteiger charge is -2.35. The zero-order valence-corrected chi connectivity index (χ0v) is 12.7. The van der Waals surface area contributed by atoms with Crippen molar-refractivity contribution in [3.63, 3.8) is 0 Å². The van der Waals surface area contributed by atoms with Crippen molar-refractivity contribution in [2.45, 2.75) is 39.2 Å². The van der Waals surface area contributed by atoms with Gasteiger partial charge in [0.1, 0.15) is 6.04 Å². The van der Waals surface area contributed by atoms with Crippen LogP contribution in [-0.2, 0) is 4.79 Å². The van der Waals surface area contributed by atoms with E-state index in [-0.39, 0.29) is 11.9 Å². The topological polar surface area (TPSA) is 23.6 Å². The third kappa shape index (κ3) is 3.40. The lowest BCUT2D eigenvalue weighted by Crippen LogP contribution is -2.45. The molecule has 1 aliphatic heterocycles. The second kappa shape index (κ2) is 7.44. The van der Waals surface area contributed by atoms with Crippen molar-refractivity contribution in [2.75, 3.05) is 26.2 Å². The molecular weight excluding hydrogens is 248 g/mol.